The molecule has 0 bridgehead atoms. The van der Waals surface area contributed by atoms with E-state index in [1.807, 2.05) is 24.5 Å². The van der Waals surface area contributed by atoms with Crippen molar-refractivity contribution in [2.75, 3.05) is 0 Å². The van der Waals surface area contributed by atoms with Gasteiger partial charge in [0.2, 0.25) is 18.0 Å². The van der Waals surface area contributed by atoms with E-state index in [0.29, 0.717) is 23.1 Å². The summed E-state index contributed by atoms with van der Waals surface area (Å²) in [5.74, 6) is -0.241. The number of hydrogen-bond acceptors (Lipinski definition) is 5. The Labute approximate surface area is 134 Å². The quantitative estimate of drug-likeness (QED) is 0.325. The second-order valence-corrected chi connectivity index (χ2v) is 5.37. The van der Waals surface area contributed by atoms with Gasteiger partial charge in [-0.1, -0.05) is 29.8 Å². The molecule has 0 fully saturated rings. The fourth-order valence-electron chi connectivity index (χ4n) is 2.35. The number of nitrogens with zero attached hydrogens (tertiary/aromatic N) is 1. The Morgan fingerprint density at radius 1 is 1.26 bits per heavy atom. The van der Waals surface area contributed by atoms with Crippen LogP contribution in [0.2, 0.25) is 0 Å². The molecule has 0 saturated heterocycles. The van der Waals surface area contributed by atoms with Gasteiger partial charge in [-0.05, 0) is 6.92 Å². The highest BCUT2D eigenvalue weighted by Crippen LogP contribution is 2.21. The van der Waals surface area contributed by atoms with Crippen LogP contribution >= 0.6 is 0 Å². The molecule has 0 aliphatic heterocycles. The van der Waals surface area contributed by atoms with E-state index in [9.17, 15) is 14.7 Å². The Morgan fingerprint density at radius 3 is 2.48 bits per heavy atom. The number of rotatable bonds is 6. The van der Waals surface area contributed by atoms with Crippen LogP contribution < -0.4 is 10.0 Å². The van der Waals surface area contributed by atoms with Crippen LogP contribution in [0.4, 0.5) is 0 Å². The zero-order valence-electron chi connectivity index (χ0n) is 13.0. The second-order valence-electron chi connectivity index (χ2n) is 5.37. The Kier molecular flexibility index (Phi) is 5.20. The first-order valence-electron chi connectivity index (χ1n) is 7.14. The molecule has 120 valence electrons. The van der Waals surface area contributed by atoms with Crippen LogP contribution in [-0.2, 0) is 13.1 Å². The van der Waals surface area contributed by atoms with Gasteiger partial charge >= 0.3 is 0 Å². The fraction of sp³-hybridized carbons (Fsp3) is 0.235. The van der Waals surface area contributed by atoms with Crippen molar-refractivity contribution in [3.05, 3.63) is 58.4 Å². The SMILES string of the molecule is Cc1ccc(C(=O)C[n+]2cc(C=O)c(CNO)c(O)c2C)cc1. The lowest BCUT2D eigenvalue weighted by atomic mass is 10.1. The third-order valence-electron chi connectivity index (χ3n) is 3.77. The minimum absolute atomic E-state index is 0.0100. The third-order valence-corrected chi connectivity index (χ3v) is 3.77. The number of hydrogen-bond donors (Lipinski definition) is 3. The number of benzene rings is 1. The maximum Gasteiger partial charge on any atom is 0.227 e. The van der Waals surface area contributed by atoms with Crippen LogP contribution in [-0.4, -0.2) is 22.4 Å². The summed E-state index contributed by atoms with van der Waals surface area (Å²) in [5.41, 5.74) is 4.50. The number of aromatic nitrogens is 1. The number of aromatic hydroxyl groups is 1. The minimum Gasteiger partial charge on any atom is -0.502 e. The Hall–Kier alpha value is -2.57. The van der Waals surface area contributed by atoms with Crippen molar-refractivity contribution in [1.29, 1.82) is 0 Å². The molecule has 0 unspecified atom stereocenters. The number of pyridine rings is 1. The number of carbonyl (C=O) groups excluding carboxylic acids is 2. The topological polar surface area (TPSA) is 90.5 Å². The van der Waals surface area contributed by atoms with Gasteiger partial charge in [0, 0.05) is 18.1 Å². The lowest BCUT2D eigenvalue weighted by Crippen LogP contribution is -2.41. The van der Waals surface area contributed by atoms with Crippen LogP contribution in [0.5, 0.6) is 5.75 Å². The maximum absolute atomic E-state index is 12.4. The molecule has 3 N–H and O–H groups in total. The normalized spacial score (nSPS) is 10.6. The second kappa shape index (κ2) is 7.13. The van der Waals surface area contributed by atoms with E-state index in [1.54, 1.807) is 19.1 Å². The van der Waals surface area contributed by atoms with E-state index >= 15 is 0 Å². The summed E-state index contributed by atoms with van der Waals surface area (Å²) in [5, 5.41) is 19.0. The van der Waals surface area contributed by atoms with Crippen molar-refractivity contribution in [3.8, 4) is 5.75 Å². The lowest BCUT2D eigenvalue weighted by Gasteiger charge is -2.09. The molecule has 23 heavy (non-hydrogen) atoms. The largest absolute Gasteiger partial charge is 0.502 e. The van der Waals surface area contributed by atoms with E-state index in [2.05, 4.69) is 0 Å². The number of nitrogens with one attached hydrogen (secondary N) is 1. The summed E-state index contributed by atoms with van der Waals surface area (Å²) in [7, 11) is 0. The lowest BCUT2D eigenvalue weighted by molar-refractivity contribution is -0.689. The van der Waals surface area contributed by atoms with E-state index < -0.39 is 0 Å². The van der Waals surface area contributed by atoms with Gasteiger partial charge in [-0.3, -0.25) is 9.59 Å². The molecule has 0 saturated carbocycles. The van der Waals surface area contributed by atoms with Crippen molar-refractivity contribution in [2.45, 2.75) is 26.9 Å². The summed E-state index contributed by atoms with van der Waals surface area (Å²) in [6.07, 6.45) is 2.08. The average molecular weight is 315 g/mol. The number of ketones is 1. The molecule has 0 spiro atoms. The standard InChI is InChI=1S/C17H18N2O4/c1-11-3-5-13(6-4-11)16(21)9-19-8-14(10-20)15(7-18-23)17(22)12(19)2/h3-6,8,10,18,23H,7,9H2,1-2H3/p+1. The van der Waals surface area contributed by atoms with E-state index in [4.69, 9.17) is 5.21 Å². The number of hydroxylamine groups is 1. The van der Waals surface area contributed by atoms with Crippen molar-refractivity contribution in [1.82, 2.24) is 5.48 Å². The van der Waals surface area contributed by atoms with Crippen molar-refractivity contribution in [3.63, 3.8) is 0 Å². The van der Waals surface area contributed by atoms with Gasteiger partial charge in [0.1, 0.15) is 0 Å². The highest BCUT2D eigenvalue weighted by molar-refractivity contribution is 5.95. The number of Topliss-reactive ketones (excluding diaryl/α,β-unsaturated/α-hetero) is 1. The van der Waals surface area contributed by atoms with Gasteiger partial charge in [0.15, 0.2) is 18.2 Å². The Balaban J connectivity index is 2.36. The first kappa shape index (κ1) is 16.8. The van der Waals surface area contributed by atoms with Gasteiger partial charge < -0.3 is 10.3 Å². The van der Waals surface area contributed by atoms with Crippen LogP contribution in [0.3, 0.4) is 0 Å². The highest BCUT2D eigenvalue weighted by atomic mass is 16.5. The van der Waals surface area contributed by atoms with E-state index in [1.165, 1.54) is 10.8 Å². The molecule has 1 aromatic heterocycles. The van der Waals surface area contributed by atoms with E-state index in [0.717, 1.165) is 5.56 Å². The number of aryl methyl sites for hydroxylation is 1. The average Bonchev–Trinajstić information content (AvgIpc) is 2.55. The molecule has 2 rings (SSSR count). The third kappa shape index (κ3) is 3.61. The van der Waals surface area contributed by atoms with Gasteiger partial charge in [-0.15, -0.1) is 0 Å². The van der Waals surface area contributed by atoms with Gasteiger partial charge in [-0.2, -0.15) is 4.57 Å². The summed E-state index contributed by atoms with van der Waals surface area (Å²) in [6, 6.07) is 7.21. The summed E-state index contributed by atoms with van der Waals surface area (Å²) >= 11 is 0. The van der Waals surface area contributed by atoms with Crippen molar-refractivity contribution < 1.29 is 24.5 Å². The Morgan fingerprint density at radius 2 is 1.91 bits per heavy atom. The Bertz CT molecular complexity index is 739. The molecule has 0 aliphatic rings. The van der Waals surface area contributed by atoms with Gasteiger partial charge in [0.25, 0.3) is 0 Å². The molecule has 2 aromatic rings. The monoisotopic (exact) mass is 315 g/mol. The highest BCUT2D eigenvalue weighted by Gasteiger charge is 2.23. The van der Waals surface area contributed by atoms with Crippen molar-refractivity contribution in [2.24, 2.45) is 0 Å². The smallest absolute Gasteiger partial charge is 0.227 e. The van der Waals surface area contributed by atoms with Crippen LogP contribution in [0.15, 0.2) is 30.5 Å². The summed E-state index contributed by atoms with van der Waals surface area (Å²) in [4.78, 5) is 23.5. The number of carbonyl (C=O) groups is 2. The minimum atomic E-state index is -0.123. The summed E-state index contributed by atoms with van der Waals surface area (Å²) in [6.45, 7) is 3.53. The van der Waals surface area contributed by atoms with Gasteiger partial charge in [-0.25, -0.2) is 5.48 Å². The zero-order valence-corrected chi connectivity index (χ0v) is 13.0. The molecular weight excluding hydrogens is 296 g/mol. The number of aldehydes is 1. The molecule has 6 heteroatoms. The zero-order chi connectivity index (χ0) is 17.0. The molecule has 0 radical (unpaired) electrons. The van der Waals surface area contributed by atoms with Crippen molar-refractivity contribution >= 4 is 12.1 Å². The maximum atomic E-state index is 12.4. The molecule has 0 atom stereocenters. The van der Waals surface area contributed by atoms with Gasteiger partial charge in [0.05, 0.1) is 12.1 Å². The molecule has 0 aliphatic carbocycles. The predicted octanol–water partition coefficient (Wildman–Crippen LogP) is 1.47. The first-order valence-corrected chi connectivity index (χ1v) is 7.14. The fourth-order valence-corrected chi connectivity index (χ4v) is 2.35. The molecule has 0 amide bonds. The van der Waals surface area contributed by atoms with Crippen LogP contribution in [0.1, 0.15) is 37.5 Å². The predicted molar refractivity (Wildman–Crippen MR) is 82.6 cm³/mol. The van der Waals surface area contributed by atoms with Crippen LogP contribution in [0.25, 0.3) is 0 Å². The molecule has 1 heterocycles. The molecule has 1 aromatic carbocycles. The first-order chi connectivity index (χ1) is 11.0. The molecule has 6 nitrogen and oxygen atoms in total. The molecular formula is C17H19N2O4+. The van der Waals surface area contributed by atoms with Crippen LogP contribution in [0, 0.1) is 13.8 Å². The summed E-state index contributed by atoms with van der Waals surface area (Å²) < 4.78 is 1.53. The van der Waals surface area contributed by atoms with E-state index in [-0.39, 0.29) is 30.2 Å².